The number of hydrogen-bond donors (Lipinski definition) is 1. The molecule has 0 unspecified atom stereocenters. The number of aromatic nitrogens is 4. The first-order valence-corrected chi connectivity index (χ1v) is 10.8. The van der Waals surface area contributed by atoms with Crippen LogP contribution in [0.5, 0.6) is 0 Å². The lowest BCUT2D eigenvalue weighted by Gasteiger charge is -2.23. The summed E-state index contributed by atoms with van der Waals surface area (Å²) in [6.45, 7) is 7.75. The van der Waals surface area contributed by atoms with Crippen LogP contribution in [0.2, 0.25) is 10.0 Å². The van der Waals surface area contributed by atoms with E-state index in [1.165, 1.54) is 0 Å². The van der Waals surface area contributed by atoms with E-state index < -0.39 is 0 Å². The van der Waals surface area contributed by atoms with Crippen LogP contribution in [0, 0.1) is 0 Å². The van der Waals surface area contributed by atoms with Crippen LogP contribution in [0.4, 0.5) is 17.1 Å². The predicted molar refractivity (Wildman–Crippen MR) is 137 cm³/mol. The number of anilines is 2. The molecule has 162 valence electrons. The van der Waals surface area contributed by atoms with E-state index in [4.69, 9.17) is 23.2 Å². The van der Waals surface area contributed by atoms with Crippen LogP contribution in [0.1, 0.15) is 0 Å². The van der Waals surface area contributed by atoms with Gasteiger partial charge in [-0.2, -0.15) is 10.2 Å². The van der Waals surface area contributed by atoms with Crippen LogP contribution in [0.25, 0.3) is 27.8 Å². The molecule has 0 atom stereocenters. The van der Waals surface area contributed by atoms with Gasteiger partial charge in [0.1, 0.15) is 0 Å². The van der Waals surface area contributed by atoms with Gasteiger partial charge < -0.3 is 4.90 Å². The molecule has 6 nitrogen and oxygen atoms in total. The highest BCUT2D eigenvalue weighted by atomic mass is 35.5. The molecule has 0 radical (unpaired) electrons. The Bertz CT molecular complexity index is 1500. The minimum atomic E-state index is 0.526. The number of nitrogens with zero attached hydrogens (tertiary/aromatic N) is 5. The molecule has 0 amide bonds. The van der Waals surface area contributed by atoms with Crippen LogP contribution in [-0.4, -0.2) is 26.7 Å². The molecule has 2 aromatic heterocycles. The first-order chi connectivity index (χ1) is 16.1. The second kappa shape index (κ2) is 8.58. The maximum absolute atomic E-state index is 6.71. The van der Waals surface area contributed by atoms with Crippen molar-refractivity contribution in [3.05, 3.63) is 95.9 Å². The first kappa shape index (κ1) is 21.0. The number of halogens is 2. The van der Waals surface area contributed by atoms with Crippen molar-refractivity contribution in [2.45, 2.75) is 0 Å². The topological polar surface area (TPSA) is 62.1 Å². The van der Waals surface area contributed by atoms with Crippen molar-refractivity contribution in [2.75, 3.05) is 4.90 Å². The highest BCUT2D eigenvalue weighted by Gasteiger charge is 2.18. The molecule has 0 fully saturated rings. The molecular weight excluding hydrogens is 455 g/mol. The zero-order chi connectivity index (χ0) is 22.9. The van der Waals surface area contributed by atoms with Crippen LogP contribution in [0.15, 0.2) is 90.8 Å². The first-order valence-electron chi connectivity index (χ1n) is 10.0. The average molecular weight is 473 g/mol. The van der Waals surface area contributed by atoms with Crippen molar-refractivity contribution >= 4 is 57.9 Å². The standard InChI is InChI=1S/C25H18Cl2N6/c1-3-32(18-8-7-16-15-29-31-22(16)12-18)25-13-20(21(27)14-23(25)28-2)24-9-10-30-33(24)19-6-4-5-17(26)11-19/h3-15H,1-2H2,(H,29,31). The van der Waals surface area contributed by atoms with E-state index in [1.54, 1.807) is 29.3 Å². The van der Waals surface area contributed by atoms with Gasteiger partial charge in [0.05, 0.1) is 45.7 Å². The number of H-pyrrole nitrogens is 1. The van der Waals surface area contributed by atoms with Crippen molar-refractivity contribution in [1.82, 2.24) is 20.0 Å². The summed E-state index contributed by atoms with van der Waals surface area (Å²) in [6, 6.07) is 19.1. The fraction of sp³-hybridized carbons (Fsp3) is 0. The third-order valence-electron chi connectivity index (χ3n) is 5.35. The third-order valence-corrected chi connectivity index (χ3v) is 5.90. The van der Waals surface area contributed by atoms with Crippen LogP contribution in [-0.2, 0) is 0 Å². The number of fused-ring (bicyclic) bond motifs is 1. The van der Waals surface area contributed by atoms with Gasteiger partial charge in [0.15, 0.2) is 0 Å². The molecule has 8 heteroatoms. The molecule has 0 spiro atoms. The number of aliphatic imine (C=N–C) groups is 1. The Balaban J connectivity index is 1.67. The van der Waals surface area contributed by atoms with Gasteiger partial charge in [-0.3, -0.25) is 10.1 Å². The molecular formula is C25H18Cl2N6. The van der Waals surface area contributed by atoms with Gasteiger partial charge in [-0.1, -0.05) is 35.8 Å². The van der Waals surface area contributed by atoms with E-state index in [-0.39, 0.29) is 0 Å². The second-order valence-corrected chi connectivity index (χ2v) is 8.12. The Morgan fingerprint density at radius 2 is 1.94 bits per heavy atom. The Labute approximate surface area is 200 Å². The van der Waals surface area contributed by atoms with E-state index >= 15 is 0 Å². The van der Waals surface area contributed by atoms with Crippen LogP contribution in [0.3, 0.4) is 0 Å². The number of rotatable bonds is 6. The summed E-state index contributed by atoms with van der Waals surface area (Å²) in [4.78, 5) is 6.14. The molecule has 3 aromatic carbocycles. The van der Waals surface area contributed by atoms with E-state index in [2.05, 4.69) is 33.6 Å². The zero-order valence-corrected chi connectivity index (χ0v) is 18.9. The summed E-state index contributed by atoms with van der Waals surface area (Å²) in [5.41, 5.74) is 5.64. The molecule has 0 bridgehead atoms. The monoisotopic (exact) mass is 472 g/mol. The molecule has 1 N–H and O–H groups in total. The van der Waals surface area contributed by atoms with Gasteiger partial charge in [0.2, 0.25) is 0 Å². The second-order valence-electron chi connectivity index (χ2n) is 7.28. The number of aromatic amines is 1. The van der Waals surface area contributed by atoms with Gasteiger partial charge in [0, 0.05) is 27.9 Å². The molecule has 5 rings (SSSR count). The predicted octanol–water partition coefficient (Wildman–Crippen LogP) is 7.34. The van der Waals surface area contributed by atoms with Gasteiger partial charge >= 0.3 is 0 Å². The maximum Gasteiger partial charge on any atom is 0.0877 e. The molecule has 0 saturated heterocycles. The van der Waals surface area contributed by atoms with Crippen LogP contribution < -0.4 is 4.90 Å². The largest absolute Gasteiger partial charge is 0.316 e. The lowest BCUT2D eigenvalue weighted by atomic mass is 10.1. The summed E-state index contributed by atoms with van der Waals surface area (Å²) in [6.07, 6.45) is 5.24. The maximum atomic E-state index is 6.71. The molecule has 0 aliphatic rings. The smallest absolute Gasteiger partial charge is 0.0877 e. The SMILES string of the molecule is C=CN(c1ccc2cn[nH]c2c1)c1cc(-c2ccnn2-c2cccc(Cl)c2)c(Cl)cc1N=C. The molecule has 0 saturated carbocycles. The summed E-state index contributed by atoms with van der Waals surface area (Å²) < 4.78 is 1.80. The summed E-state index contributed by atoms with van der Waals surface area (Å²) in [5.74, 6) is 0. The zero-order valence-electron chi connectivity index (χ0n) is 17.4. The average Bonchev–Trinajstić information content (AvgIpc) is 3.49. The highest BCUT2D eigenvalue weighted by Crippen LogP contribution is 2.42. The summed E-state index contributed by atoms with van der Waals surface area (Å²) >= 11 is 12.9. The summed E-state index contributed by atoms with van der Waals surface area (Å²) in [5, 5.41) is 13.8. The number of hydrogen-bond acceptors (Lipinski definition) is 4. The van der Waals surface area contributed by atoms with E-state index in [9.17, 15) is 0 Å². The fourth-order valence-electron chi connectivity index (χ4n) is 3.81. The van der Waals surface area contributed by atoms with Gasteiger partial charge in [0.25, 0.3) is 0 Å². The normalized spacial score (nSPS) is 11.0. The lowest BCUT2D eigenvalue weighted by molar-refractivity contribution is 0.888. The molecule has 5 aromatic rings. The van der Waals surface area contributed by atoms with E-state index in [0.717, 1.165) is 39.2 Å². The molecule has 0 aliphatic heterocycles. The van der Waals surface area contributed by atoms with Crippen molar-refractivity contribution in [2.24, 2.45) is 4.99 Å². The lowest BCUT2D eigenvalue weighted by Crippen LogP contribution is -2.09. The Morgan fingerprint density at radius 3 is 2.73 bits per heavy atom. The van der Waals surface area contributed by atoms with Crippen molar-refractivity contribution in [3.63, 3.8) is 0 Å². The Morgan fingerprint density at radius 1 is 1.06 bits per heavy atom. The molecule has 2 heterocycles. The van der Waals surface area contributed by atoms with Crippen molar-refractivity contribution in [1.29, 1.82) is 0 Å². The van der Waals surface area contributed by atoms with Crippen LogP contribution >= 0.6 is 23.2 Å². The number of benzene rings is 3. The molecule has 0 aliphatic carbocycles. The molecule has 33 heavy (non-hydrogen) atoms. The van der Waals surface area contributed by atoms with Gasteiger partial charge in [-0.25, -0.2) is 4.68 Å². The Kier molecular flexibility index (Phi) is 5.46. The van der Waals surface area contributed by atoms with E-state index in [0.29, 0.717) is 15.7 Å². The van der Waals surface area contributed by atoms with E-state index in [1.807, 2.05) is 59.5 Å². The fourth-order valence-corrected chi connectivity index (χ4v) is 4.25. The van der Waals surface area contributed by atoms with Gasteiger partial charge in [-0.05, 0) is 61.3 Å². The minimum absolute atomic E-state index is 0.526. The quantitative estimate of drug-likeness (QED) is 0.263. The van der Waals surface area contributed by atoms with Crippen molar-refractivity contribution < 1.29 is 0 Å². The van der Waals surface area contributed by atoms with Gasteiger partial charge in [-0.15, -0.1) is 0 Å². The minimum Gasteiger partial charge on any atom is -0.316 e. The number of nitrogens with one attached hydrogen (secondary N) is 1. The third kappa shape index (κ3) is 3.80. The van der Waals surface area contributed by atoms with Crippen molar-refractivity contribution in [3.8, 4) is 16.9 Å². The highest BCUT2D eigenvalue weighted by molar-refractivity contribution is 6.34. The summed E-state index contributed by atoms with van der Waals surface area (Å²) in [7, 11) is 0. The Hall–Kier alpha value is -3.87.